The summed E-state index contributed by atoms with van der Waals surface area (Å²) >= 11 is 0. The van der Waals surface area contributed by atoms with Gasteiger partial charge in [0, 0.05) is 5.56 Å². The Bertz CT molecular complexity index is 942. The van der Waals surface area contributed by atoms with Crippen molar-refractivity contribution in [2.45, 2.75) is 0 Å². The van der Waals surface area contributed by atoms with Crippen molar-refractivity contribution < 1.29 is 38.4 Å². The van der Waals surface area contributed by atoms with Gasteiger partial charge < -0.3 is 38.9 Å². The number of aliphatic carboxylic acids is 1. The quantitative estimate of drug-likeness (QED) is 0.608. The minimum Gasteiger partial charge on any atom is -0.543 e. The molecule has 0 saturated carbocycles. The highest BCUT2D eigenvalue weighted by molar-refractivity contribution is 6.02. The van der Waals surface area contributed by atoms with Crippen molar-refractivity contribution in [2.75, 3.05) is 35.5 Å². The second kappa shape index (κ2) is 10.1. The Morgan fingerprint density at radius 1 is 0.800 bits per heavy atom. The number of carboxylic acid groups (broad SMARTS) is 1. The summed E-state index contributed by atoms with van der Waals surface area (Å²) < 4.78 is 26.0. The van der Waals surface area contributed by atoms with Gasteiger partial charge in [0.05, 0.1) is 47.2 Å². The molecular formula is C21H22NO8-. The summed E-state index contributed by atoms with van der Waals surface area (Å²) in [6.07, 6.45) is 1.24. The molecule has 9 nitrogen and oxygen atoms in total. The minimum absolute atomic E-state index is 0.101. The van der Waals surface area contributed by atoms with Crippen LogP contribution in [0.1, 0.15) is 15.9 Å². The third-order valence-corrected chi connectivity index (χ3v) is 4.11. The number of rotatable bonds is 9. The third kappa shape index (κ3) is 4.93. The van der Waals surface area contributed by atoms with Crippen LogP contribution in [0.25, 0.3) is 6.08 Å². The number of nitrogens with one attached hydrogen (secondary N) is 1. The molecule has 0 radical (unpaired) electrons. The first-order chi connectivity index (χ1) is 14.4. The molecule has 0 saturated heterocycles. The molecule has 30 heavy (non-hydrogen) atoms. The first-order valence-electron chi connectivity index (χ1n) is 8.64. The van der Waals surface area contributed by atoms with Crippen molar-refractivity contribution >= 4 is 18.0 Å². The van der Waals surface area contributed by atoms with Crippen LogP contribution in [0, 0.1) is 0 Å². The largest absolute Gasteiger partial charge is 0.543 e. The van der Waals surface area contributed by atoms with E-state index in [9.17, 15) is 14.7 Å². The number of methoxy groups -OCH3 is 5. The fraction of sp³-hybridized carbons (Fsp3) is 0.238. The summed E-state index contributed by atoms with van der Waals surface area (Å²) in [5.74, 6) is -0.582. The average molecular weight is 416 g/mol. The summed E-state index contributed by atoms with van der Waals surface area (Å²) in [6.45, 7) is 0. The average Bonchev–Trinajstić information content (AvgIpc) is 2.76. The fourth-order valence-corrected chi connectivity index (χ4v) is 2.66. The molecule has 2 rings (SSSR count). The van der Waals surface area contributed by atoms with Gasteiger partial charge in [-0.1, -0.05) is 6.07 Å². The maximum absolute atomic E-state index is 12.7. The molecule has 9 heteroatoms. The summed E-state index contributed by atoms with van der Waals surface area (Å²) in [4.78, 5) is 24.2. The van der Waals surface area contributed by atoms with Crippen LogP contribution in [-0.2, 0) is 4.79 Å². The first-order valence-corrected chi connectivity index (χ1v) is 8.64. The van der Waals surface area contributed by atoms with Crippen LogP contribution in [0.4, 0.5) is 0 Å². The zero-order chi connectivity index (χ0) is 22.3. The Hall–Kier alpha value is -3.88. The van der Waals surface area contributed by atoms with Gasteiger partial charge in [-0.05, 0) is 35.9 Å². The molecule has 1 N–H and O–H groups in total. The van der Waals surface area contributed by atoms with Crippen molar-refractivity contribution in [3.05, 3.63) is 47.2 Å². The molecule has 0 heterocycles. The molecule has 0 aliphatic heterocycles. The summed E-state index contributed by atoms with van der Waals surface area (Å²) in [5.41, 5.74) is 0.113. The normalized spacial score (nSPS) is 10.8. The molecule has 0 fully saturated rings. The zero-order valence-corrected chi connectivity index (χ0v) is 17.2. The van der Waals surface area contributed by atoms with Gasteiger partial charge in [0.1, 0.15) is 0 Å². The van der Waals surface area contributed by atoms with Gasteiger partial charge in [-0.25, -0.2) is 0 Å². The van der Waals surface area contributed by atoms with E-state index >= 15 is 0 Å². The standard InChI is InChI=1S/C21H23NO8/c1-26-15-7-6-12(9-16(15)27-2)8-14(21(24)25)22-20(23)13-10-17(28-3)19(30-5)18(11-13)29-4/h6-11H,1-5H3,(H,22,23)(H,24,25)/p-1/b14-8+. The van der Waals surface area contributed by atoms with E-state index in [4.69, 9.17) is 23.7 Å². The molecule has 0 aliphatic rings. The second-order valence-electron chi connectivity index (χ2n) is 5.83. The van der Waals surface area contributed by atoms with Crippen LogP contribution in [0.15, 0.2) is 36.0 Å². The highest BCUT2D eigenvalue weighted by Gasteiger charge is 2.18. The molecule has 2 aromatic rings. The number of carbonyl (C=O) groups is 2. The maximum atomic E-state index is 12.7. The number of amides is 1. The van der Waals surface area contributed by atoms with E-state index in [-0.39, 0.29) is 17.1 Å². The van der Waals surface area contributed by atoms with Crippen LogP contribution in [0.5, 0.6) is 28.7 Å². The van der Waals surface area contributed by atoms with Crippen molar-refractivity contribution in [2.24, 2.45) is 0 Å². The van der Waals surface area contributed by atoms with Gasteiger partial charge in [-0.3, -0.25) is 4.79 Å². The molecular weight excluding hydrogens is 394 g/mol. The van der Waals surface area contributed by atoms with Gasteiger partial charge in [-0.2, -0.15) is 0 Å². The summed E-state index contributed by atoms with van der Waals surface area (Å²) in [5, 5.41) is 13.9. The highest BCUT2D eigenvalue weighted by atomic mass is 16.5. The fourth-order valence-electron chi connectivity index (χ4n) is 2.66. The van der Waals surface area contributed by atoms with Gasteiger partial charge in [0.15, 0.2) is 23.0 Å². The number of ether oxygens (including phenoxy) is 5. The Kier molecular flexibility index (Phi) is 7.51. The molecule has 0 aromatic heterocycles. The van der Waals surface area contributed by atoms with Crippen LogP contribution in [0.3, 0.4) is 0 Å². The van der Waals surface area contributed by atoms with E-state index in [0.717, 1.165) is 0 Å². The van der Waals surface area contributed by atoms with E-state index < -0.39 is 17.6 Å². The van der Waals surface area contributed by atoms with Gasteiger partial charge in [0.25, 0.3) is 5.91 Å². The van der Waals surface area contributed by atoms with Crippen molar-refractivity contribution in [1.29, 1.82) is 0 Å². The van der Waals surface area contributed by atoms with E-state index in [1.807, 2.05) is 0 Å². The number of benzene rings is 2. The lowest BCUT2D eigenvalue weighted by atomic mass is 10.1. The lowest BCUT2D eigenvalue weighted by Crippen LogP contribution is -2.35. The topological polar surface area (TPSA) is 115 Å². The van der Waals surface area contributed by atoms with E-state index in [1.54, 1.807) is 18.2 Å². The van der Waals surface area contributed by atoms with Crippen LogP contribution in [0.2, 0.25) is 0 Å². The first kappa shape index (κ1) is 22.4. The molecule has 2 aromatic carbocycles. The predicted octanol–water partition coefficient (Wildman–Crippen LogP) is 1.25. The van der Waals surface area contributed by atoms with E-state index in [1.165, 1.54) is 53.8 Å². The van der Waals surface area contributed by atoms with Crippen LogP contribution < -0.4 is 34.1 Å². The molecule has 0 spiro atoms. The molecule has 0 atom stereocenters. The maximum Gasteiger partial charge on any atom is 0.255 e. The van der Waals surface area contributed by atoms with Gasteiger partial charge >= 0.3 is 0 Å². The monoisotopic (exact) mass is 416 g/mol. The molecule has 160 valence electrons. The van der Waals surface area contributed by atoms with Gasteiger partial charge in [0.2, 0.25) is 5.75 Å². The Balaban J connectivity index is 2.39. The van der Waals surface area contributed by atoms with Crippen molar-refractivity contribution in [1.82, 2.24) is 5.32 Å². The van der Waals surface area contributed by atoms with Gasteiger partial charge in [-0.15, -0.1) is 0 Å². The van der Waals surface area contributed by atoms with E-state index in [0.29, 0.717) is 22.8 Å². The number of carboxylic acids is 1. The summed E-state index contributed by atoms with van der Waals surface area (Å²) in [6, 6.07) is 7.59. The molecule has 0 bridgehead atoms. The summed E-state index contributed by atoms with van der Waals surface area (Å²) in [7, 11) is 7.18. The highest BCUT2D eigenvalue weighted by Crippen LogP contribution is 2.38. The second-order valence-corrected chi connectivity index (χ2v) is 5.83. The third-order valence-electron chi connectivity index (χ3n) is 4.11. The van der Waals surface area contributed by atoms with Crippen molar-refractivity contribution in [3.8, 4) is 28.7 Å². The smallest absolute Gasteiger partial charge is 0.255 e. The van der Waals surface area contributed by atoms with E-state index in [2.05, 4.69) is 5.32 Å². The van der Waals surface area contributed by atoms with Crippen LogP contribution >= 0.6 is 0 Å². The Labute approximate surface area is 173 Å². The molecule has 0 aliphatic carbocycles. The molecule has 1 amide bonds. The van der Waals surface area contributed by atoms with Crippen molar-refractivity contribution in [3.63, 3.8) is 0 Å². The lowest BCUT2D eigenvalue weighted by Gasteiger charge is -2.15. The number of hydrogen-bond donors (Lipinski definition) is 1. The zero-order valence-electron chi connectivity index (χ0n) is 17.2. The minimum atomic E-state index is -1.56. The number of carbonyl (C=O) groups excluding carboxylic acids is 2. The predicted molar refractivity (Wildman–Crippen MR) is 106 cm³/mol. The lowest BCUT2D eigenvalue weighted by molar-refractivity contribution is -0.299. The SMILES string of the molecule is COc1ccc(/C=C(/NC(=O)c2cc(OC)c(OC)c(OC)c2)C(=O)[O-])cc1OC. The Morgan fingerprint density at radius 3 is 1.83 bits per heavy atom. The van der Waals surface area contributed by atoms with Crippen LogP contribution in [-0.4, -0.2) is 47.4 Å². The number of hydrogen-bond acceptors (Lipinski definition) is 8. The molecule has 0 unspecified atom stereocenters. The Morgan fingerprint density at radius 2 is 1.37 bits per heavy atom.